The zero-order valence-electron chi connectivity index (χ0n) is 9.22. The molecular weight excluding hydrogens is 306 g/mol. The number of aromatic nitrogens is 2. The molecule has 0 aliphatic heterocycles. The molecule has 0 bridgehead atoms. The number of nitrogens with one attached hydrogen (secondary N) is 1. The monoisotopic (exact) mass is 317 g/mol. The van der Waals surface area contributed by atoms with Crippen molar-refractivity contribution in [3.8, 4) is 0 Å². The van der Waals surface area contributed by atoms with Crippen molar-refractivity contribution < 1.29 is 8.42 Å². The van der Waals surface area contributed by atoms with Crippen LogP contribution < -0.4 is 4.72 Å². The summed E-state index contributed by atoms with van der Waals surface area (Å²) in [4.78, 5) is 0. The zero-order chi connectivity index (χ0) is 12.5. The van der Waals surface area contributed by atoms with Crippen molar-refractivity contribution in [2.24, 2.45) is 0 Å². The van der Waals surface area contributed by atoms with E-state index in [-0.39, 0.29) is 5.75 Å². The van der Waals surface area contributed by atoms with E-state index in [9.17, 15) is 8.42 Å². The normalized spacial score (nSPS) is 12.1. The minimum absolute atomic E-state index is 0.0229. The van der Waals surface area contributed by atoms with Gasteiger partial charge in [-0.3, -0.25) is 4.68 Å². The van der Waals surface area contributed by atoms with Gasteiger partial charge in [0.1, 0.15) is 5.52 Å². The van der Waals surface area contributed by atoms with E-state index in [0.717, 1.165) is 15.4 Å². The summed E-state index contributed by atoms with van der Waals surface area (Å²) >= 11 is 3.41. The predicted molar refractivity (Wildman–Crippen MR) is 70.3 cm³/mol. The molecule has 0 amide bonds. The van der Waals surface area contributed by atoms with Gasteiger partial charge >= 0.3 is 0 Å². The molecule has 0 radical (unpaired) electrons. The van der Waals surface area contributed by atoms with Crippen LogP contribution in [0.15, 0.2) is 28.9 Å². The Hall–Kier alpha value is -0.920. The summed E-state index contributed by atoms with van der Waals surface area (Å²) in [6.45, 7) is 0.338. The first kappa shape index (κ1) is 12.5. The van der Waals surface area contributed by atoms with Crippen molar-refractivity contribution in [2.75, 3.05) is 12.8 Å². The van der Waals surface area contributed by atoms with E-state index in [4.69, 9.17) is 0 Å². The van der Waals surface area contributed by atoms with Gasteiger partial charge in [-0.05, 0) is 29.0 Å². The lowest BCUT2D eigenvalue weighted by molar-refractivity contribution is 0.574. The molecule has 1 aromatic heterocycles. The van der Waals surface area contributed by atoms with Crippen LogP contribution >= 0.6 is 15.9 Å². The van der Waals surface area contributed by atoms with E-state index in [2.05, 4.69) is 25.8 Å². The second-order valence-corrected chi connectivity index (χ2v) is 6.49. The Kier molecular flexibility index (Phi) is 3.50. The quantitative estimate of drug-likeness (QED) is 0.925. The van der Waals surface area contributed by atoms with Crippen LogP contribution in [0.5, 0.6) is 0 Å². The second kappa shape index (κ2) is 4.75. The average Bonchev–Trinajstić information content (AvgIpc) is 2.71. The van der Waals surface area contributed by atoms with Gasteiger partial charge in [0.15, 0.2) is 0 Å². The fourth-order valence-electron chi connectivity index (χ4n) is 1.49. The molecule has 0 atom stereocenters. The van der Waals surface area contributed by atoms with Crippen molar-refractivity contribution in [2.45, 2.75) is 6.54 Å². The largest absolute Gasteiger partial charge is 0.270 e. The summed E-state index contributed by atoms with van der Waals surface area (Å²) in [7, 11) is -1.78. The van der Waals surface area contributed by atoms with E-state index in [1.807, 2.05) is 24.4 Å². The fraction of sp³-hybridized carbons (Fsp3) is 0.300. The fourth-order valence-corrected chi connectivity index (χ4v) is 2.58. The Morgan fingerprint density at radius 1 is 1.47 bits per heavy atom. The highest BCUT2D eigenvalue weighted by atomic mass is 79.9. The molecule has 1 aromatic carbocycles. The van der Waals surface area contributed by atoms with Gasteiger partial charge in [-0.2, -0.15) is 5.10 Å². The molecular formula is C10H12BrN3O2S. The average molecular weight is 318 g/mol. The standard InChI is InChI=1S/C10H12BrN3O2S/c1-12-17(15,16)6-5-14-7-8-3-2-4-9(11)10(8)13-14/h2-4,7,12H,5-6H2,1H3. The molecule has 2 rings (SSSR count). The van der Waals surface area contributed by atoms with Gasteiger partial charge in [0, 0.05) is 16.1 Å². The molecule has 0 aliphatic carbocycles. The second-order valence-electron chi connectivity index (χ2n) is 3.59. The van der Waals surface area contributed by atoms with E-state index in [0.29, 0.717) is 6.54 Å². The summed E-state index contributed by atoms with van der Waals surface area (Å²) in [5.74, 6) is 0.0229. The smallest absolute Gasteiger partial charge is 0.213 e. The van der Waals surface area contributed by atoms with Gasteiger partial charge in [0.2, 0.25) is 10.0 Å². The number of nitrogens with zero attached hydrogens (tertiary/aromatic N) is 2. The maximum atomic E-state index is 11.3. The van der Waals surface area contributed by atoms with Crippen molar-refractivity contribution in [1.29, 1.82) is 0 Å². The van der Waals surface area contributed by atoms with Crippen LogP contribution in [0.25, 0.3) is 10.9 Å². The molecule has 0 aliphatic rings. The third-order valence-electron chi connectivity index (χ3n) is 2.43. The van der Waals surface area contributed by atoms with E-state index in [1.54, 1.807) is 4.68 Å². The highest BCUT2D eigenvalue weighted by Crippen LogP contribution is 2.21. The Balaban J connectivity index is 2.24. The molecule has 2 aromatic rings. The summed E-state index contributed by atoms with van der Waals surface area (Å²) < 4.78 is 27.4. The third kappa shape index (κ3) is 2.85. The molecule has 1 N–H and O–H groups in total. The van der Waals surface area contributed by atoms with Crippen LogP contribution in [0.1, 0.15) is 0 Å². The number of fused-ring (bicyclic) bond motifs is 1. The van der Waals surface area contributed by atoms with Crippen LogP contribution in [0, 0.1) is 0 Å². The molecule has 17 heavy (non-hydrogen) atoms. The van der Waals surface area contributed by atoms with Crippen molar-refractivity contribution in [1.82, 2.24) is 14.5 Å². The van der Waals surface area contributed by atoms with Crippen LogP contribution in [-0.4, -0.2) is 31.0 Å². The molecule has 5 nitrogen and oxygen atoms in total. The predicted octanol–water partition coefficient (Wildman–Crippen LogP) is 1.35. The Labute approximate surface area is 108 Å². The van der Waals surface area contributed by atoms with Crippen LogP contribution in [0.4, 0.5) is 0 Å². The number of benzene rings is 1. The summed E-state index contributed by atoms with van der Waals surface area (Å²) in [5.41, 5.74) is 0.842. The van der Waals surface area contributed by atoms with Crippen LogP contribution in [0.3, 0.4) is 0 Å². The topological polar surface area (TPSA) is 64.0 Å². The maximum Gasteiger partial charge on any atom is 0.213 e. The van der Waals surface area contributed by atoms with Gasteiger partial charge in [0.05, 0.1) is 12.3 Å². The molecule has 0 saturated carbocycles. The van der Waals surface area contributed by atoms with Crippen LogP contribution in [-0.2, 0) is 16.6 Å². The summed E-state index contributed by atoms with van der Waals surface area (Å²) in [6.07, 6.45) is 1.84. The minimum atomic E-state index is -3.19. The molecule has 92 valence electrons. The highest BCUT2D eigenvalue weighted by molar-refractivity contribution is 9.10. The van der Waals surface area contributed by atoms with Crippen molar-refractivity contribution in [3.63, 3.8) is 0 Å². The molecule has 0 saturated heterocycles. The van der Waals surface area contributed by atoms with E-state index >= 15 is 0 Å². The van der Waals surface area contributed by atoms with Crippen molar-refractivity contribution in [3.05, 3.63) is 28.9 Å². The van der Waals surface area contributed by atoms with E-state index in [1.165, 1.54) is 7.05 Å². The molecule has 1 heterocycles. The van der Waals surface area contributed by atoms with Gasteiger partial charge in [-0.15, -0.1) is 0 Å². The number of rotatable bonds is 4. The zero-order valence-corrected chi connectivity index (χ0v) is 11.6. The number of hydrogen-bond donors (Lipinski definition) is 1. The first-order valence-corrected chi connectivity index (χ1v) is 7.49. The first-order chi connectivity index (χ1) is 8.02. The Bertz CT molecular complexity index is 636. The number of aryl methyl sites for hydroxylation is 1. The van der Waals surface area contributed by atoms with Crippen molar-refractivity contribution >= 4 is 36.9 Å². The van der Waals surface area contributed by atoms with E-state index < -0.39 is 10.0 Å². The summed E-state index contributed by atoms with van der Waals surface area (Å²) in [5, 5.41) is 5.31. The minimum Gasteiger partial charge on any atom is -0.270 e. The Morgan fingerprint density at radius 3 is 2.88 bits per heavy atom. The highest BCUT2D eigenvalue weighted by Gasteiger charge is 2.09. The lowest BCUT2D eigenvalue weighted by atomic mass is 10.3. The molecule has 0 unspecified atom stereocenters. The lowest BCUT2D eigenvalue weighted by Gasteiger charge is -2.01. The first-order valence-electron chi connectivity index (χ1n) is 5.05. The number of hydrogen-bond acceptors (Lipinski definition) is 3. The Morgan fingerprint density at radius 2 is 2.24 bits per heavy atom. The maximum absolute atomic E-state index is 11.3. The van der Waals surface area contributed by atoms with Gasteiger partial charge in [-0.25, -0.2) is 13.1 Å². The lowest BCUT2D eigenvalue weighted by Crippen LogP contribution is -2.24. The van der Waals surface area contributed by atoms with Gasteiger partial charge < -0.3 is 0 Å². The third-order valence-corrected chi connectivity index (χ3v) is 4.42. The molecule has 0 fully saturated rings. The molecule has 0 spiro atoms. The number of sulfonamides is 1. The van der Waals surface area contributed by atoms with Gasteiger partial charge in [0.25, 0.3) is 0 Å². The SMILES string of the molecule is CNS(=O)(=O)CCn1cc2cccc(Br)c2n1. The van der Waals surface area contributed by atoms with Gasteiger partial charge in [-0.1, -0.05) is 12.1 Å². The summed E-state index contributed by atoms with van der Waals surface area (Å²) in [6, 6.07) is 5.77. The number of halogens is 1. The van der Waals surface area contributed by atoms with Crippen LogP contribution in [0.2, 0.25) is 0 Å². The molecule has 7 heteroatoms.